The maximum absolute atomic E-state index is 11.7. The average Bonchev–Trinajstić information content (AvgIpc) is 2.45. The van der Waals surface area contributed by atoms with Crippen LogP contribution in [-0.4, -0.2) is 30.8 Å². The van der Waals surface area contributed by atoms with Gasteiger partial charge in [0.25, 0.3) is 0 Å². The standard InChI is InChI=1S/C14H20N2O3.C5H12O/c1-5-10-6-11(15-9-17)8-12(7-10)16-13(18)19-14(2,3)4;1-5(2,3)6-4/h6-9H,5H2,1-4H3,(H,15,17)(H,16,18);1-4H3. The molecule has 1 aromatic carbocycles. The summed E-state index contributed by atoms with van der Waals surface area (Å²) in [5, 5.41) is 5.23. The summed E-state index contributed by atoms with van der Waals surface area (Å²) >= 11 is 0. The Morgan fingerprint density at radius 1 is 1.04 bits per heavy atom. The Balaban J connectivity index is 0.000000823. The fourth-order valence-electron chi connectivity index (χ4n) is 1.54. The number of ether oxygens (including phenoxy) is 2. The summed E-state index contributed by atoms with van der Waals surface area (Å²) in [6.07, 6.45) is 0.890. The van der Waals surface area contributed by atoms with Gasteiger partial charge in [-0.3, -0.25) is 10.1 Å². The zero-order valence-electron chi connectivity index (χ0n) is 16.6. The van der Waals surface area contributed by atoms with Crippen LogP contribution in [0.3, 0.4) is 0 Å². The molecule has 2 N–H and O–H groups in total. The summed E-state index contributed by atoms with van der Waals surface area (Å²) in [7, 11) is 1.71. The van der Waals surface area contributed by atoms with E-state index in [1.54, 1.807) is 33.9 Å². The Bertz CT molecular complexity index is 558. The minimum Gasteiger partial charge on any atom is -0.444 e. The first-order valence-corrected chi connectivity index (χ1v) is 8.29. The van der Waals surface area contributed by atoms with Gasteiger partial charge in [0.2, 0.25) is 6.41 Å². The largest absolute Gasteiger partial charge is 0.444 e. The summed E-state index contributed by atoms with van der Waals surface area (Å²) in [4.78, 5) is 22.1. The molecule has 0 bridgehead atoms. The third kappa shape index (κ3) is 12.0. The Morgan fingerprint density at radius 2 is 1.56 bits per heavy atom. The van der Waals surface area contributed by atoms with Crippen LogP contribution in [0.2, 0.25) is 0 Å². The SMILES string of the molecule is CCc1cc(NC=O)cc(NC(=O)OC(C)(C)C)c1.COC(C)(C)C. The van der Waals surface area contributed by atoms with Crippen molar-refractivity contribution in [2.75, 3.05) is 17.7 Å². The van der Waals surface area contributed by atoms with E-state index < -0.39 is 11.7 Å². The van der Waals surface area contributed by atoms with Crippen molar-refractivity contribution >= 4 is 23.9 Å². The molecule has 0 saturated heterocycles. The van der Waals surface area contributed by atoms with Crippen molar-refractivity contribution in [3.8, 4) is 0 Å². The van der Waals surface area contributed by atoms with E-state index in [-0.39, 0.29) is 5.60 Å². The molecule has 0 atom stereocenters. The van der Waals surface area contributed by atoms with Crippen LogP contribution in [0.1, 0.15) is 54.0 Å². The minimum absolute atomic E-state index is 0.0417. The van der Waals surface area contributed by atoms with Crippen LogP contribution >= 0.6 is 0 Å². The molecule has 0 aromatic heterocycles. The molecule has 2 amide bonds. The third-order valence-corrected chi connectivity index (χ3v) is 2.88. The van der Waals surface area contributed by atoms with E-state index in [9.17, 15) is 9.59 Å². The fourth-order valence-corrected chi connectivity index (χ4v) is 1.54. The van der Waals surface area contributed by atoms with E-state index in [0.717, 1.165) is 12.0 Å². The molecule has 6 nitrogen and oxygen atoms in total. The van der Waals surface area contributed by atoms with E-state index in [1.807, 2.05) is 39.8 Å². The molecule has 6 heteroatoms. The van der Waals surface area contributed by atoms with Crippen LogP contribution in [0, 0.1) is 0 Å². The lowest BCUT2D eigenvalue weighted by molar-refractivity contribution is -0.105. The number of benzene rings is 1. The first-order valence-electron chi connectivity index (χ1n) is 8.29. The minimum atomic E-state index is -0.545. The number of carbonyl (C=O) groups excluding carboxylic acids is 2. The smallest absolute Gasteiger partial charge is 0.412 e. The average molecular weight is 352 g/mol. The highest BCUT2D eigenvalue weighted by Gasteiger charge is 2.16. The fraction of sp³-hybridized carbons (Fsp3) is 0.579. The maximum atomic E-state index is 11.7. The molecule has 1 rings (SSSR count). The van der Waals surface area contributed by atoms with Crippen LogP contribution in [0.15, 0.2) is 18.2 Å². The molecular weight excluding hydrogens is 320 g/mol. The van der Waals surface area contributed by atoms with Crippen LogP contribution in [0.5, 0.6) is 0 Å². The number of nitrogens with one attached hydrogen (secondary N) is 2. The van der Waals surface area contributed by atoms with Gasteiger partial charge in [0, 0.05) is 18.5 Å². The number of hydrogen-bond acceptors (Lipinski definition) is 4. The van der Waals surface area contributed by atoms with Crippen LogP contribution in [0.4, 0.5) is 16.2 Å². The van der Waals surface area contributed by atoms with Gasteiger partial charge < -0.3 is 14.8 Å². The molecule has 0 aliphatic heterocycles. The van der Waals surface area contributed by atoms with Crippen molar-refractivity contribution in [1.29, 1.82) is 0 Å². The molecule has 142 valence electrons. The van der Waals surface area contributed by atoms with Crippen molar-refractivity contribution < 1.29 is 19.1 Å². The van der Waals surface area contributed by atoms with Gasteiger partial charge in [-0.25, -0.2) is 4.79 Å². The number of rotatable bonds is 4. The van der Waals surface area contributed by atoms with Crippen LogP contribution in [-0.2, 0) is 20.7 Å². The summed E-state index contributed by atoms with van der Waals surface area (Å²) in [5.74, 6) is 0. The highest BCUT2D eigenvalue weighted by molar-refractivity contribution is 5.86. The van der Waals surface area contributed by atoms with E-state index >= 15 is 0 Å². The Kier molecular flexibility index (Phi) is 9.20. The molecule has 0 heterocycles. The van der Waals surface area contributed by atoms with Crippen molar-refractivity contribution in [2.45, 2.75) is 66.1 Å². The monoisotopic (exact) mass is 352 g/mol. The van der Waals surface area contributed by atoms with Gasteiger partial charge in [0.1, 0.15) is 5.60 Å². The van der Waals surface area contributed by atoms with Gasteiger partial charge >= 0.3 is 6.09 Å². The van der Waals surface area contributed by atoms with E-state index in [4.69, 9.17) is 9.47 Å². The Morgan fingerprint density at radius 3 is 1.96 bits per heavy atom. The van der Waals surface area contributed by atoms with Crippen molar-refractivity contribution in [3.63, 3.8) is 0 Å². The lowest BCUT2D eigenvalue weighted by atomic mass is 10.1. The predicted molar refractivity (Wildman–Crippen MR) is 102 cm³/mol. The molecule has 0 aliphatic rings. The second-order valence-electron chi connectivity index (χ2n) is 7.48. The van der Waals surface area contributed by atoms with E-state index in [1.165, 1.54) is 0 Å². The predicted octanol–water partition coefficient (Wildman–Crippen LogP) is 4.60. The van der Waals surface area contributed by atoms with Gasteiger partial charge in [-0.15, -0.1) is 0 Å². The first kappa shape index (κ1) is 22.9. The number of anilines is 2. The number of methoxy groups -OCH3 is 1. The number of aryl methyl sites for hydroxylation is 1. The molecular formula is C19H32N2O4. The molecule has 0 aliphatic carbocycles. The molecule has 25 heavy (non-hydrogen) atoms. The lowest BCUT2D eigenvalue weighted by Gasteiger charge is -2.20. The molecule has 0 radical (unpaired) electrons. The maximum Gasteiger partial charge on any atom is 0.412 e. The third-order valence-electron chi connectivity index (χ3n) is 2.88. The topological polar surface area (TPSA) is 76.7 Å². The summed E-state index contributed by atoms with van der Waals surface area (Å²) in [6.45, 7) is 13.5. The summed E-state index contributed by atoms with van der Waals surface area (Å²) in [5.41, 5.74) is 1.74. The second-order valence-corrected chi connectivity index (χ2v) is 7.48. The summed E-state index contributed by atoms with van der Waals surface area (Å²) in [6, 6.07) is 5.38. The summed E-state index contributed by atoms with van der Waals surface area (Å²) < 4.78 is 10.1. The Labute approximate surface area is 151 Å². The quantitative estimate of drug-likeness (QED) is 0.777. The van der Waals surface area contributed by atoms with Gasteiger partial charge in [-0.05, 0) is 71.7 Å². The zero-order valence-corrected chi connectivity index (χ0v) is 16.6. The van der Waals surface area contributed by atoms with Crippen molar-refractivity contribution in [1.82, 2.24) is 0 Å². The molecule has 0 unspecified atom stereocenters. The lowest BCUT2D eigenvalue weighted by Crippen LogP contribution is -2.27. The first-order chi connectivity index (χ1) is 11.4. The van der Waals surface area contributed by atoms with Gasteiger partial charge in [0.05, 0.1) is 5.60 Å². The van der Waals surface area contributed by atoms with Crippen LogP contribution < -0.4 is 10.6 Å². The molecule has 1 aromatic rings. The number of carbonyl (C=O) groups is 2. The van der Waals surface area contributed by atoms with E-state index in [2.05, 4.69) is 10.6 Å². The van der Waals surface area contributed by atoms with Gasteiger partial charge in [0.15, 0.2) is 0 Å². The normalized spacial score (nSPS) is 11.0. The van der Waals surface area contributed by atoms with Crippen molar-refractivity contribution in [3.05, 3.63) is 23.8 Å². The molecule has 0 spiro atoms. The zero-order chi connectivity index (χ0) is 19.7. The Hall–Kier alpha value is -2.08. The van der Waals surface area contributed by atoms with E-state index in [0.29, 0.717) is 17.8 Å². The van der Waals surface area contributed by atoms with Crippen molar-refractivity contribution in [2.24, 2.45) is 0 Å². The number of amides is 2. The van der Waals surface area contributed by atoms with Crippen LogP contribution in [0.25, 0.3) is 0 Å². The van der Waals surface area contributed by atoms with Gasteiger partial charge in [-0.2, -0.15) is 0 Å². The molecule has 0 saturated carbocycles. The second kappa shape index (κ2) is 10.0. The number of hydrogen-bond donors (Lipinski definition) is 2. The van der Waals surface area contributed by atoms with Gasteiger partial charge in [-0.1, -0.05) is 6.92 Å². The molecule has 0 fully saturated rings. The highest BCUT2D eigenvalue weighted by atomic mass is 16.6. The highest BCUT2D eigenvalue weighted by Crippen LogP contribution is 2.20.